The second-order valence-corrected chi connectivity index (χ2v) is 6.34. The highest BCUT2D eigenvalue weighted by molar-refractivity contribution is 7.15. The molecular weight excluding hydrogens is 365 g/mol. The molecule has 3 rings (SSSR count). The van der Waals surface area contributed by atoms with Crippen LogP contribution in [0.15, 0.2) is 35.9 Å². The first kappa shape index (κ1) is 15.4. The molecule has 3 aromatic rings. The van der Waals surface area contributed by atoms with Gasteiger partial charge >= 0.3 is 0 Å². The van der Waals surface area contributed by atoms with Crippen LogP contribution in [0.1, 0.15) is 5.69 Å². The Kier molecular flexibility index (Phi) is 4.40. The number of carbonyl (C=O) groups excluding carboxylic acids is 1. The number of amides is 1. The average Bonchev–Trinajstić information content (AvgIpc) is 3.01. The summed E-state index contributed by atoms with van der Waals surface area (Å²) in [5, 5.41) is 5.75. The number of anilines is 1. The zero-order chi connectivity index (χ0) is 15.7. The van der Waals surface area contributed by atoms with Gasteiger partial charge in [0.15, 0.2) is 10.1 Å². The van der Waals surface area contributed by atoms with Gasteiger partial charge in [0, 0.05) is 23.3 Å². The maximum Gasteiger partial charge on any atom is 0.248 e. The fraction of sp³-hybridized carbons (Fsp3) is 0. The molecule has 0 atom stereocenters. The van der Waals surface area contributed by atoms with E-state index in [0.29, 0.717) is 26.6 Å². The number of fused-ring (bicyclic) bond motifs is 1. The number of nitrogens with one attached hydrogen (secondary N) is 1. The van der Waals surface area contributed by atoms with Crippen LogP contribution in [-0.4, -0.2) is 15.3 Å². The maximum atomic E-state index is 11.9. The summed E-state index contributed by atoms with van der Waals surface area (Å²) in [6.45, 7) is 0. The number of imidazole rings is 1. The van der Waals surface area contributed by atoms with Gasteiger partial charge in [-0.1, -0.05) is 34.8 Å². The SMILES string of the molecule is O=C(/C=C/c1c(Cl)nc2sccn12)Nc1ccc(Cl)c(Cl)c1. The molecule has 22 heavy (non-hydrogen) atoms. The van der Waals surface area contributed by atoms with E-state index in [-0.39, 0.29) is 5.91 Å². The normalized spacial score (nSPS) is 11.4. The Morgan fingerprint density at radius 3 is 2.86 bits per heavy atom. The van der Waals surface area contributed by atoms with E-state index < -0.39 is 0 Å². The second kappa shape index (κ2) is 6.30. The van der Waals surface area contributed by atoms with Crippen molar-refractivity contribution in [2.24, 2.45) is 0 Å². The van der Waals surface area contributed by atoms with E-state index in [2.05, 4.69) is 10.3 Å². The molecule has 0 aliphatic heterocycles. The number of thiazole rings is 1. The lowest BCUT2D eigenvalue weighted by molar-refractivity contribution is -0.111. The molecule has 0 radical (unpaired) electrons. The highest BCUT2D eigenvalue weighted by Crippen LogP contribution is 2.25. The van der Waals surface area contributed by atoms with Gasteiger partial charge in [-0.25, -0.2) is 4.98 Å². The number of nitrogens with zero attached hydrogens (tertiary/aromatic N) is 2. The molecule has 0 aliphatic carbocycles. The third-order valence-corrected chi connectivity index (χ3v) is 4.61. The smallest absolute Gasteiger partial charge is 0.248 e. The van der Waals surface area contributed by atoms with Crippen LogP contribution in [0.5, 0.6) is 0 Å². The Bertz CT molecular complexity index is 885. The predicted octanol–water partition coefficient (Wildman–Crippen LogP) is 5.01. The minimum absolute atomic E-state index is 0.306. The van der Waals surface area contributed by atoms with E-state index in [1.807, 2.05) is 16.0 Å². The third kappa shape index (κ3) is 3.13. The number of carbonyl (C=O) groups is 1. The van der Waals surface area contributed by atoms with E-state index in [9.17, 15) is 4.79 Å². The van der Waals surface area contributed by atoms with E-state index in [4.69, 9.17) is 34.8 Å². The van der Waals surface area contributed by atoms with Gasteiger partial charge in [-0.15, -0.1) is 11.3 Å². The monoisotopic (exact) mass is 371 g/mol. The van der Waals surface area contributed by atoms with Crippen molar-refractivity contribution in [2.75, 3.05) is 5.32 Å². The molecule has 0 aliphatic rings. The van der Waals surface area contributed by atoms with Crippen LogP contribution in [0, 0.1) is 0 Å². The Balaban J connectivity index is 1.77. The first-order chi connectivity index (χ1) is 10.5. The molecule has 1 N–H and O–H groups in total. The lowest BCUT2D eigenvalue weighted by Crippen LogP contribution is -2.07. The standard InChI is InChI=1S/C14H8Cl3N3OS/c15-9-2-1-8(7-10(9)16)18-12(21)4-3-11-13(17)19-14-20(11)5-6-22-14/h1-7H,(H,18,21)/b4-3+. The van der Waals surface area contributed by atoms with E-state index in [1.54, 1.807) is 24.3 Å². The molecule has 8 heteroatoms. The average molecular weight is 373 g/mol. The maximum absolute atomic E-state index is 11.9. The zero-order valence-electron chi connectivity index (χ0n) is 10.9. The number of hydrogen-bond donors (Lipinski definition) is 1. The molecule has 0 unspecified atom stereocenters. The van der Waals surface area contributed by atoms with Gasteiger partial charge in [-0.2, -0.15) is 0 Å². The summed E-state index contributed by atoms with van der Waals surface area (Å²) in [7, 11) is 0. The first-order valence-corrected chi connectivity index (χ1v) is 8.11. The molecule has 0 bridgehead atoms. The largest absolute Gasteiger partial charge is 0.322 e. The van der Waals surface area contributed by atoms with Gasteiger partial charge in [0.25, 0.3) is 0 Å². The Morgan fingerprint density at radius 2 is 2.09 bits per heavy atom. The molecule has 2 aromatic heterocycles. The summed E-state index contributed by atoms with van der Waals surface area (Å²) in [6, 6.07) is 4.87. The van der Waals surface area contributed by atoms with E-state index >= 15 is 0 Å². The quantitative estimate of drug-likeness (QED) is 0.657. The molecule has 0 saturated heterocycles. The molecular formula is C14H8Cl3N3OS. The first-order valence-electron chi connectivity index (χ1n) is 6.10. The third-order valence-electron chi connectivity index (χ3n) is 2.83. The molecule has 0 spiro atoms. The van der Waals surface area contributed by atoms with Crippen molar-refractivity contribution >= 4 is 68.8 Å². The van der Waals surface area contributed by atoms with E-state index in [1.165, 1.54) is 17.4 Å². The summed E-state index contributed by atoms with van der Waals surface area (Å²) in [4.78, 5) is 16.9. The highest BCUT2D eigenvalue weighted by Gasteiger charge is 2.09. The number of rotatable bonds is 3. The van der Waals surface area contributed by atoms with E-state index in [0.717, 1.165) is 4.96 Å². The van der Waals surface area contributed by atoms with Crippen LogP contribution < -0.4 is 5.32 Å². The summed E-state index contributed by atoms with van der Waals surface area (Å²) < 4.78 is 1.82. The molecule has 112 valence electrons. The van der Waals surface area contributed by atoms with Crippen molar-refractivity contribution in [2.45, 2.75) is 0 Å². The molecule has 0 saturated carbocycles. The second-order valence-electron chi connectivity index (χ2n) is 4.29. The fourth-order valence-corrected chi connectivity index (χ4v) is 3.14. The predicted molar refractivity (Wildman–Crippen MR) is 92.2 cm³/mol. The Morgan fingerprint density at radius 1 is 1.27 bits per heavy atom. The van der Waals surface area contributed by atoms with Crippen molar-refractivity contribution in [3.05, 3.63) is 56.7 Å². The summed E-state index contributed by atoms with van der Waals surface area (Å²) in [6.07, 6.45) is 4.84. The molecule has 1 aromatic carbocycles. The van der Waals surface area contributed by atoms with Crippen LogP contribution in [0.4, 0.5) is 5.69 Å². The summed E-state index contributed by atoms with van der Waals surface area (Å²) >= 11 is 19.2. The highest BCUT2D eigenvalue weighted by atomic mass is 35.5. The summed E-state index contributed by atoms with van der Waals surface area (Å²) in [5.41, 5.74) is 1.21. The van der Waals surface area contributed by atoms with Gasteiger partial charge in [0.2, 0.25) is 5.91 Å². The van der Waals surface area contributed by atoms with Crippen LogP contribution in [0.3, 0.4) is 0 Å². The van der Waals surface area contributed by atoms with Crippen molar-refractivity contribution in [3.8, 4) is 0 Å². The molecule has 2 heterocycles. The number of halogens is 3. The lowest BCUT2D eigenvalue weighted by atomic mass is 10.3. The van der Waals surface area contributed by atoms with Crippen LogP contribution in [-0.2, 0) is 4.79 Å². The van der Waals surface area contributed by atoms with Gasteiger partial charge in [0.05, 0.1) is 15.7 Å². The molecule has 4 nitrogen and oxygen atoms in total. The minimum atomic E-state index is -0.306. The topological polar surface area (TPSA) is 46.4 Å². The number of hydrogen-bond acceptors (Lipinski definition) is 3. The van der Waals surface area contributed by atoms with Crippen molar-refractivity contribution in [1.82, 2.24) is 9.38 Å². The molecule has 0 fully saturated rings. The fourth-order valence-electron chi connectivity index (χ4n) is 1.84. The molecule has 1 amide bonds. The van der Waals surface area contributed by atoms with Crippen molar-refractivity contribution < 1.29 is 4.79 Å². The number of aromatic nitrogens is 2. The van der Waals surface area contributed by atoms with Gasteiger partial charge in [0.1, 0.15) is 0 Å². The van der Waals surface area contributed by atoms with Crippen LogP contribution in [0.25, 0.3) is 11.0 Å². The van der Waals surface area contributed by atoms with Gasteiger partial charge in [-0.05, 0) is 24.3 Å². The zero-order valence-corrected chi connectivity index (χ0v) is 14.0. The Hall–Kier alpha value is -1.53. The minimum Gasteiger partial charge on any atom is -0.322 e. The van der Waals surface area contributed by atoms with Crippen molar-refractivity contribution in [1.29, 1.82) is 0 Å². The van der Waals surface area contributed by atoms with Crippen LogP contribution >= 0.6 is 46.1 Å². The Labute approximate surface area is 144 Å². The van der Waals surface area contributed by atoms with Crippen LogP contribution in [0.2, 0.25) is 15.2 Å². The van der Waals surface area contributed by atoms with Gasteiger partial charge in [-0.3, -0.25) is 9.20 Å². The van der Waals surface area contributed by atoms with Crippen molar-refractivity contribution in [3.63, 3.8) is 0 Å². The number of benzene rings is 1. The lowest BCUT2D eigenvalue weighted by Gasteiger charge is -2.03. The van der Waals surface area contributed by atoms with Gasteiger partial charge < -0.3 is 5.32 Å². The summed E-state index contributed by atoms with van der Waals surface area (Å²) in [5.74, 6) is -0.306.